The van der Waals surface area contributed by atoms with Crippen molar-refractivity contribution in [2.24, 2.45) is 5.92 Å². The van der Waals surface area contributed by atoms with Crippen molar-refractivity contribution in [1.29, 1.82) is 0 Å². The fraction of sp³-hybridized carbons (Fsp3) is 0.438. The molecule has 4 heterocycles. The van der Waals surface area contributed by atoms with Gasteiger partial charge >= 0.3 is 0 Å². The first-order chi connectivity index (χ1) is 10.8. The molecular formula is C16H18N4O2. The Hall–Kier alpha value is -2.37. The third-order valence-electron chi connectivity index (χ3n) is 4.62. The first-order valence-electron chi connectivity index (χ1n) is 7.56. The van der Waals surface area contributed by atoms with E-state index in [4.69, 9.17) is 4.74 Å². The van der Waals surface area contributed by atoms with Crippen LogP contribution in [0.3, 0.4) is 0 Å². The number of anilines is 1. The van der Waals surface area contributed by atoms with Gasteiger partial charge in [-0.25, -0.2) is 9.97 Å². The number of hydrogen-bond donors (Lipinski definition) is 0. The van der Waals surface area contributed by atoms with Gasteiger partial charge in [-0.05, 0) is 18.4 Å². The Balaban J connectivity index is 1.70. The molecule has 4 rings (SSSR count). The molecule has 0 unspecified atom stereocenters. The van der Waals surface area contributed by atoms with Gasteiger partial charge in [-0.1, -0.05) is 6.07 Å². The van der Waals surface area contributed by atoms with E-state index < -0.39 is 0 Å². The number of piperidine rings is 1. The van der Waals surface area contributed by atoms with E-state index in [0.717, 1.165) is 37.6 Å². The SMILES string of the molecule is COc1nccnc1N1C[C@H]2C[C@@H](C1)c1cccc(=O)n1C2. The molecule has 22 heavy (non-hydrogen) atoms. The van der Waals surface area contributed by atoms with Gasteiger partial charge in [0.05, 0.1) is 7.11 Å². The van der Waals surface area contributed by atoms with Crippen LogP contribution in [0.4, 0.5) is 5.82 Å². The monoisotopic (exact) mass is 298 g/mol. The highest BCUT2D eigenvalue weighted by molar-refractivity contribution is 5.49. The molecule has 2 aliphatic heterocycles. The number of ether oxygens (including phenoxy) is 1. The minimum Gasteiger partial charge on any atom is -0.478 e. The lowest BCUT2D eigenvalue weighted by molar-refractivity contribution is 0.278. The Bertz CT molecular complexity index is 758. The molecule has 2 atom stereocenters. The Labute approximate surface area is 128 Å². The van der Waals surface area contributed by atoms with E-state index in [-0.39, 0.29) is 5.56 Å². The Morgan fingerprint density at radius 3 is 2.91 bits per heavy atom. The summed E-state index contributed by atoms with van der Waals surface area (Å²) in [6.45, 7) is 2.51. The van der Waals surface area contributed by atoms with Gasteiger partial charge in [-0.3, -0.25) is 4.79 Å². The van der Waals surface area contributed by atoms with E-state index in [1.165, 1.54) is 0 Å². The summed E-state index contributed by atoms with van der Waals surface area (Å²) in [6, 6.07) is 5.57. The van der Waals surface area contributed by atoms with Crippen molar-refractivity contribution in [3.05, 3.63) is 46.6 Å². The number of hydrogen-bond acceptors (Lipinski definition) is 5. The number of fused-ring (bicyclic) bond motifs is 4. The van der Waals surface area contributed by atoms with Gasteiger partial charge in [0.2, 0.25) is 0 Å². The molecule has 6 nitrogen and oxygen atoms in total. The van der Waals surface area contributed by atoms with Crippen molar-refractivity contribution in [1.82, 2.24) is 14.5 Å². The molecule has 0 N–H and O–H groups in total. The highest BCUT2D eigenvalue weighted by Gasteiger charge is 2.35. The summed E-state index contributed by atoms with van der Waals surface area (Å²) in [7, 11) is 1.62. The predicted molar refractivity (Wildman–Crippen MR) is 82.3 cm³/mol. The van der Waals surface area contributed by atoms with Crippen LogP contribution in [-0.4, -0.2) is 34.7 Å². The second-order valence-electron chi connectivity index (χ2n) is 5.99. The largest absolute Gasteiger partial charge is 0.478 e. The molecule has 114 valence electrons. The van der Waals surface area contributed by atoms with Crippen LogP contribution in [0.2, 0.25) is 0 Å². The van der Waals surface area contributed by atoms with Gasteiger partial charge in [0.15, 0.2) is 5.82 Å². The molecule has 0 spiro atoms. The maximum absolute atomic E-state index is 12.1. The normalized spacial score (nSPS) is 23.0. The highest BCUT2D eigenvalue weighted by atomic mass is 16.5. The summed E-state index contributed by atoms with van der Waals surface area (Å²) in [6.07, 6.45) is 4.46. The molecule has 0 saturated carbocycles. The van der Waals surface area contributed by atoms with Crippen molar-refractivity contribution in [3.63, 3.8) is 0 Å². The quantitative estimate of drug-likeness (QED) is 0.835. The zero-order valence-corrected chi connectivity index (χ0v) is 12.5. The topological polar surface area (TPSA) is 60.3 Å². The molecule has 2 aromatic heterocycles. The fourth-order valence-corrected chi connectivity index (χ4v) is 3.75. The van der Waals surface area contributed by atoms with Crippen LogP contribution in [0.5, 0.6) is 5.88 Å². The maximum atomic E-state index is 12.1. The second kappa shape index (κ2) is 5.12. The number of nitrogens with zero attached hydrogens (tertiary/aromatic N) is 4. The summed E-state index contributed by atoms with van der Waals surface area (Å²) in [5, 5.41) is 0. The van der Waals surface area contributed by atoms with Crippen LogP contribution >= 0.6 is 0 Å². The summed E-state index contributed by atoms with van der Waals surface area (Å²) in [5.41, 5.74) is 1.24. The third kappa shape index (κ3) is 2.06. The smallest absolute Gasteiger partial charge is 0.257 e. The van der Waals surface area contributed by atoms with E-state index in [9.17, 15) is 4.79 Å². The van der Waals surface area contributed by atoms with Crippen molar-refractivity contribution in [2.45, 2.75) is 18.9 Å². The number of aromatic nitrogens is 3. The third-order valence-corrected chi connectivity index (χ3v) is 4.62. The van der Waals surface area contributed by atoms with Gasteiger partial charge in [-0.15, -0.1) is 0 Å². The minimum absolute atomic E-state index is 0.109. The number of methoxy groups -OCH3 is 1. The summed E-state index contributed by atoms with van der Waals surface area (Å²) >= 11 is 0. The maximum Gasteiger partial charge on any atom is 0.257 e. The van der Waals surface area contributed by atoms with Gasteiger partial charge in [0, 0.05) is 49.7 Å². The van der Waals surface area contributed by atoms with E-state index >= 15 is 0 Å². The lowest BCUT2D eigenvalue weighted by Crippen LogP contribution is -2.47. The van der Waals surface area contributed by atoms with Gasteiger partial charge in [-0.2, -0.15) is 0 Å². The van der Waals surface area contributed by atoms with Crippen molar-refractivity contribution < 1.29 is 4.74 Å². The summed E-state index contributed by atoms with van der Waals surface area (Å²) < 4.78 is 7.27. The minimum atomic E-state index is 0.109. The van der Waals surface area contributed by atoms with E-state index in [0.29, 0.717) is 17.7 Å². The van der Waals surface area contributed by atoms with Crippen LogP contribution < -0.4 is 15.2 Å². The molecule has 2 aromatic rings. The number of pyridine rings is 1. The zero-order valence-electron chi connectivity index (χ0n) is 12.5. The van der Waals surface area contributed by atoms with Crippen LogP contribution in [0, 0.1) is 5.92 Å². The zero-order chi connectivity index (χ0) is 15.1. The highest BCUT2D eigenvalue weighted by Crippen LogP contribution is 2.37. The molecule has 2 aliphatic rings. The van der Waals surface area contributed by atoms with Crippen LogP contribution in [0.15, 0.2) is 35.4 Å². The molecule has 0 amide bonds. The Morgan fingerprint density at radius 1 is 1.18 bits per heavy atom. The molecule has 1 saturated heterocycles. The first kappa shape index (κ1) is 13.3. The molecule has 0 radical (unpaired) electrons. The Kier molecular flexibility index (Phi) is 3.10. The average molecular weight is 298 g/mol. The Morgan fingerprint density at radius 2 is 2.05 bits per heavy atom. The van der Waals surface area contributed by atoms with E-state index in [1.54, 1.807) is 25.6 Å². The fourth-order valence-electron chi connectivity index (χ4n) is 3.75. The lowest BCUT2D eigenvalue weighted by Gasteiger charge is -2.43. The van der Waals surface area contributed by atoms with Gasteiger partial charge < -0.3 is 14.2 Å². The average Bonchev–Trinajstić information content (AvgIpc) is 2.56. The van der Waals surface area contributed by atoms with Crippen LogP contribution in [-0.2, 0) is 6.54 Å². The molecule has 0 aliphatic carbocycles. The van der Waals surface area contributed by atoms with Crippen LogP contribution in [0.25, 0.3) is 0 Å². The van der Waals surface area contributed by atoms with Crippen molar-refractivity contribution in [2.75, 3.05) is 25.1 Å². The molecular weight excluding hydrogens is 280 g/mol. The van der Waals surface area contributed by atoms with Crippen molar-refractivity contribution >= 4 is 5.82 Å². The standard InChI is InChI=1S/C16H18N4O2/c1-22-16-15(17-5-6-18-16)19-8-11-7-12(10-19)13-3-2-4-14(21)20(13)9-11/h2-6,11-12H,7-10H2,1H3/t11-,12+/m1/s1. The molecule has 2 bridgehead atoms. The molecule has 6 heteroatoms. The first-order valence-corrected chi connectivity index (χ1v) is 7.56. The van der Waals surface area contributed by atoms with Crippen molar-refractivity contribution in [3.8, 4) is 5.88 Å². The van der Waals surface area contributed by atoms with E-state index in [2.05, 4.69) is 20.9 Å². The predicted octanol–water partition coefficient (Wildman–Crippen LogP) is 1.27. The number of rotatable bonds is 2. The van der Waals surface area contributed by atoms with Gasteiger partial charge in [0.25, 0.3) is 11.4 Å². The summed E-state index contributed by atoms with van der Waals surface area (Å²) in [5.74, 6) is 2.17. The molecule has 0 aromatic carbocycles. The lowest BCUT2D eigenvalue weighted by atomic mass is 9.83. The van der Waals surface area contributed by atoms with E-state index in [1.807, 2.05) is 10.6 Å². The summed E-state index contributed by atoms with van der Waals surface area (Å²) in [4.78, 5) is 23.0. The van der Waals surface area contributed by atoms with Gasteiger partial charge in [0.1, 0.15) is 0 Å². The van der Waals surface area contributed by atoms with Crippen LogP contribution in [0.1, 0.15) is 18.0 Å². The molecule has 1 fully saturated rings. The second-order valence-corrected chi connectivity index (χ2v) is 5.99.